The van der Waals surface area contributed by atoms with Crippen molar-refractivity contribution in [1.82, 2.24) is 9.78 Å². The molecule has 0 aliphatic carbocycles. The SMILES string of the molecule is COc1ccc(C(=O)COC(=O)c2ccccc2-n2ncc(Cl)c(Cl)c2=O)cc1F. The highest BCUT2D eigenvalue weighted by Gasteiger charge is 2.19. The predicted molar refractivity (Wildman–Crippen MR) is 107 cm³/mol. The number of hydrogen-bond acceptors (Lipinski definition) is 6. The summed E-state index contributed by atoms with van der Waals surface area (Å²) in [6, 6.07) is 9.61. The van der Waals surface area contributed by atoms with E-state index in [-0.39, 0.29) is 32.6 Å². The van der Waals surface area contributed by atoms with E-state index in [1.54, 1.807) is 12.1 Å². The third kappa shape index (κ3) is 4.34. The van der Waals surface area contributed by atoms with Crippen LogP contribution in [0.5, 0.6) is 5.75 Å². The summed E-state index contributed by atoms with van der Waals surface area (Å²) in [6.45, 7) is -0.636. The number of Topliss-reactive ketones (excluding diaryl/α,β-unsaturated/α-hetero) is 1. The van der Waals surface area contributed by atoms with Crippen molar-refractivity contribution in [2.45, 2.75) is 0 Å². The topological polar surface area (TPSA) is 87.5 Å². The van der Waals surface area contributed by atoms with Crippen LogP contribution in [-0.4, -0.2) is 35.2 Å². The number of hydrogen-bond donors (Lipinski definition) is 0. The maximum Gasteiger partial charge on any atom is 0.340 e. The molecule has 0 aliphatic heterocycles. The fourth-order valence-corrected chi connectivity index (χ4v) is 2.80. The molecule has 7 nitrogen and oxygen atoms in total. The number of ketones is 1. The number of nitrogens with zero attached hydrogens (tertiary/aromatic N) is 2. The molecule has 1 aromatic heterocycles. The molecule has 0 saturated carbocycles. The number of carbonyl (C=O) groups excluding carboxylic acids is 2. The van der Waals surface area contributed by atoms with Gasteiger partial charge in [0.25, 0.3) is 5.56 Å². The average molecular weight is 451 g/mol. The molecule has 0 fully saturated rings. The van der Waals surface area contributed by atoms with Gasteiger partial charge in [0, 0.05) is 5.56 Å². The molecule has 154 valence electrons. The second-order valence-corrected chi connectivity index (χ2v) is 6.67. The lowest BCUT2D eigenvalue weighted by atomic mass is 10.1. The first kappa shape index (κ1) is 21.5. The molecule has 10 heteroatoms. The summed E-state index contributed by atoms with van der Waals surface area (Å²) in [5.74, 6) is -2.23. The van der Waals surface area contributed by atoms with Gasteiger partial charge >= 0.3 is 5.97 Å². The molecule has 2 aromatic carbocycles. The average Bonchev–Trinajstić information content (AvgIpc) is 2.75. The van der Waals surface area contributed by atoms with E-state index in [0.29, 0.717) is 0 Å². The zero-order valence-electron chi connectivity index (χ0n) is 15.4. The molecule has 1 heterocycles. The van der Waals surface area contributed by atoms with Crippen LogP contribution in [0.25, 0.3) is 5.69 Å². The first-order valence-electron chi connectivity index (χ1n) is 8.40. The van der Waals surface area contributed by atoms with Crippen molar-refractivity contribution in [3.8, 4) is 11.4 Å². The van der Waals surface area contributed by atoms with Crippen LogP contribution in [0, 0.1) is 5.82 Å². The Bertz CT molecular complexity index is 1200. The molecule has 0 radical (unpaired) electrons. The van der Waals surface area contributed by atoms with Crippen molar-refractivity contribution < 1.29 is 23.5 Å². The van der Waals surface area contributed by atoms with Gasteiger partial charge in [0.1, 0.15) is 5.02 Å². The molecule has 0 amide bonds. The van der Waals surface area contributed by atoms with Crippen LogP contribution in [0.3, 0.4) is 0 Å². The van der Waals surface area contributed by atoms with Crippen LogP contribution in [0.15, 0.2) is 53.5 Å². The van der Waals surface area contributed by atoms with Gasteiger partial charge < -0.3 is 9.47 Å². The van der Waals surface area contributed by atoms with E-state index >= 15 is 0 Å². The summed E-state index contributed by atoms with van der Waals surface area (Å²) in [5.41, 5.74) is -0.654. The monoisotopic (exact) mass is 450 g/mol. The fourth-order valence-electron chi connectivity index (χ4n) is 2.55. The maximum atomic E-state index is 13.8. The van der Waals surface area contributed by atoms with Crippen LogP contribution in [0.4, 0.5) is 4.39 Å². The van der Waals surface area contributed by atoms with Crippen molar-refractivity contribution in [3.05, 3.63) is 86.0 Å². The molecule has 3 aromatic rings. The molecule has 30 heavy (non-hydrogen) atoms. The Morgan fingerprint density at radius 1 is 1.17 bits per heavy atom. The smallest absolute Gasteiger partial charge is 0.340 e. The minimum atomic E-state index is -0.882. The number of carbonyl (C=O) groups is 2. The molecule has 0 N–H and O–H groups in total. The maximum absolute atomic E-state index is 13.8. The minimum Gasteiger partial charge on any atom is -0.494 e. The van der Waals surface area contributed by atoms with Gasteiger partial charge in [-0.15, -0.1) is 0 Å². The zero-order valence-corrected chi connectivity index (χ0v) is 16.9. The lowest BCUT2D eigenvalue weighted by molar-refractivity contribution is 0.0474. The van der Waals surface area contributed by atoms with Crippen molar-refractivity contribution in [2.75, 3.05) is 13.7 Å². The van der Waals surface area contributed by atoms with Crippen LogP contribution in [0.1, 0.15) is 20.7 Å². The van der Waals surface area contributed by atoms with Crippen molar-refractivity contribution in [2.24, 2.45) is 0 Å². The van der Waals surface area contributed by atoms with Crippen molar-refractivity contribution in [3.63, 3.8) is 0 Å². The second-order valence-electron chi connectivity index (χ2n) is 5.89. The van der Waals surface area contributed by atoms with E-state index < -0.39 is 29.7 Å². The Labute approximate surface area is 179 Å². The largest absolute Gasteiger partial charge is 0.494 e. The highest BCUT2D eigenvalue weighted by Crippen LogP contribution is 2.20. The number of benzene rings is 2. The first-order chi connectivity index (χ1) is 14.3. The van der Waals surface area contributed by atoms with Gasteiger partial charge in [-0.2, -0.15) is 9.78 Å². The number of para-hydroxylation sites is 1. The Hall–Kier alpha value is -3.23. The van der Waals surface area contributed by atoms with E-state index in [1.807, 2.05) is 0 Å². The Balaban J connectivity index is 1.82. The molecule has 0 unspecified atom stereocenters. The number of rotatable bonds is 6. The summed E-state index contributed by atoms with van der Waals surface area (Å²) >= 11 is 11.6. The normalized spacial score (nSPS) is 10.5. The van der Waals surface area contributed by atoms with E-state index in [0.717, 1.165) is 16.9 Å². The summed E-state index contributed by atoms with van der Waals surface area (Å²) in [6.07, 6.45) is 1.16. The second kappa shape index (κ2) is 9.06. The fraction of sp³-hybridized carbons (Fsp3) is 0.100. The van der Waals surface area contributed by atoms with Gasteiger partial charge in [0.2, 0.25) is 0 Å². The van der Waals surface area contributed by atoms with Crippen LogP contribution < -0.4 is 10.3 Å². The quantitative estimate of drug-likeness (QED) is 0.420. The first-order valence-corrected chi connectivity index (χ1v) is 9.15. The highest BCUT2D eigenvalue weighted by atomic mass is 35.5. The van der Waals surface area contributed by atoms with Crippen LogP contribution in [-0.2, 0) is 4.74 Å². The predicted octanol–water partition coefficient (Wildman–Crippen LogP) is 3.73. The summed E-state index contributed by atoms with van der Waals surface area (Å²) in [4.78, 5) is 37.1. The van der Waals surface area contributed by atoms with E-state index in [2.05, 4.69) is 5.10 Å². The molecule has 0 atom stereocenters. The molecule has 0 aliphatic rings. The number of halogens is 3. The van der Waals surface area contributed by atoms with E-state index in [9.17, 15) is 18.8 Å². The van der Waals surface area contributed by atoms with Crippen molar-refractivity contribution in [1.29, 1.82) is 0 Å². The molecular formula is C20H13Cl2FN2O5. The van der Waals surface area contributed by atoms with Gasteiger partial charge in [-0.25, -0.2) is 9.18 Å². The van der Waals surface area contributed by atoms with Gasteiger partial charge in [0.05, 0.1) is 29.6 Å². The highest BCUT2D eigenvalue weighted by molar-refractivity contribution is 6.41. The van der Waals surface area contributed by atoms with Gasteiger partial charge in [-0.1, -0.05) is 35.3 Å². The van der Waals surface area contributed by atoms with E-state index in [1.165, 1.54) is 31.4 Å². The van der Waals surface area contributed by atoms with E-state index in [4.69, 9.17) is 32.7 Å². The molecule has 3 rings (SSSR count). The zero-order chi connectivity index (χ0) is 21.8. The number of ether oxygens (including phenoxy) is 2. The van der Waals surface area contributed by atoms with Gasteiger partial charge in [-0.3, -0.25) is 9.59 Å². The van der Waals surface area contributed by atoms with Crippen molar-refractivity contribution >= 4 is 35.0 Å². The van der Waals surface area contributed by atoms with Crippen LogP contribution in [0.2, 0.25) is 10.0 Å². The Morgan fingerprint density at radius 3 is 2.60 bits per heavy atom. The molecular weight excluding hydrogens is 438 g/mol. The lowest BCUT2D eigenvalue weighted by Crippen LogP contribution is -2.24. The summed E-state index contributed by atoms with van der Waals surface area (Å²) in [5, 5.41) is 3.59. The minimum absolute atomic E-state index is 0.0109. The summed E-state index contributed by atoms with van der Waals surface area (Å²) in [7, 11) is 1.30. The third-order valence-corrected chi connectivity index (χ3v) is 4.79. The Kier molecular flexibility index (Phi) is 6.49. The lowest BCUT2D eigenvalue weighted by Gasteiger charge is -2.11. The molecule has 0 spiro atoms. The number of aromatic nitrogens is 2. The standard InChI is InChI=1S/C20H13Cl2FN2O5/c1-29-17-7-6-11(8-14(17)23)16(26)10-30-20(28)12-4-2-3-5-15(12)25-19(27)18(22)13(21)9-24-25/h2-9H,10H2,1H3. The molecule has 0 bridgehead atoms. The molecule has 0 saturated heterocycles. The third-order valence-electron chi connectivity index (χ3n) is 4.04. The number of esters is 1. The van der Waals surface area contributed by atoms with Crippen LogP contribution >= 0.6 is 23.2 Å². The van der Waals surface area contributed by atoms with Gasteiger partial charge in [0.15, 0.2) is 24.0 Å². The Morgan fingerprint density at radius 2 is 1.90 bits per heavy atom. The number of methoxy groups -OCH3 is 1. The van der Waals surface area contributed by atoms with Gasteiger partial charge in [-0.05, 0) is 30.3 Å². The summed E-state index contributed by atoms with van der Waals surface area (Å²) < 4.78 is 24.5.